The van der Waals surface area contributed by atoms with Crippen LogP contribution in [0, 0.1) is 6.92 Å². The van der Waals surface area contributed by atoms with Gasteiger partial charge in [-0.15, -0.1) is 0 Å². The molecule has 0 amide bonds. The van der Waals surface area contributed by atoms with Gasteiger partial charge >= 0.3 is 11.1 Å². The summed E-state index contributed by atoms with van der Waals surface area (Å²) < 4.78 is 30.3. The molecule has 4 rings (SSSR count). The van der Waals surface area contributed by atoms with E-state index in [0.717, 1.165) is 10.9 Å². The molecule has 27 heavy (non-hydrogen) atoms. The van der Waals surface area contributed by atoms with Gasteiger partial charge in [-0.2, -0.15) is 0 Å². The van der Waals surface area contributed by atoms with Crippen LogP contribution in [0.1, 0.15) is 5.56 Å². The zero-order valence-electron chi connectivity index (χ0n) is 14.5. The van der Waals surface area contributed by atoms with Crippen molar-refractivity contribution in [3.8, 4) is 0 Å². The molecule has 0 unspecified atom stereocenters. The summed E-state index contributed by atoms with van der Waals surface area (Å²) in [6, 6.07) is 10.0. The Bertz CT molecular complexity index is 1430. The number of nitrogens with one attached hydrogen (secondary N) is 3. The molecule has 2 aromatic heterocycles. The van der Waals surface area contributed by atoms with Crippen LogP contribution in [-0.2, 0) is 17.1 Å². The lowest BCUT2D eigenvalue weighted by atomic mass is 10.2. The first-order valence-corrected chi connectivity index (χ1v) is 9.58. The molecular weight excluding hydrogens is 368 g/mol. The number of anilines is 1. The van der Waals surface area contributed by atoms with Crippen molar-refractivity contribution in [2.75, 3.05) is 4.72 Å². The maximum absolute atomic E-state index is 12.9. The van der Waals surface area contributed by atoms with E-state index in [1.807, 2.05) is 29.9 Å². The number of sulfonamides is 1. The van der Waals surface area contributed by atoms with Crippen LogP contribution in [0.5, 0.6) is 0 Å². The molecule has 0 bridgehead atoms. The number of nitrogens with zero attached hydrogens (tertiary/aromatic N) is 1. The number of aryl methyl sites for hydroxylation is 2. The molecule has 0 spiro atoms. The molecule has 0 aliphatic rings. The maximum atomic E-state index is 12.9. The van der Waals surface area contributed by atoms with Crippen LogP contribution in [0.4, 0.5) is 5.69 Å². The van der Waals surface area contributed by atoms with Crippen molar-refractivity contribution in [2.45, 2.75) is 11.8 Å². The Morgan fingerprint density at radius 1 is 0.963 bits per heavy atom. The monoisotopic (exact) mass is 384 g/mol. The topological polar surface area (TPSA) is 117 Å². The summed E-state index contributed by atoms with van der Waals surface area (Å²) in [5.74, 6) is 0. The Morgan fingerprint density at radius 2 is 1.63 bits per heavy atom. The number of aromatic nitrogens is 3. The molecule has 0 saturated carbocycles. The predicted molar refractivity (Wildman–Crippen MR) is 104 cm³/mol. The van der Waals surface area contributed by atoms with Crippen LogP contribution in [-0.4, -0.2) is 23.0 Å². The molecule has 2 aromatic carbocycles. The van der Waals surface area contributed by atoms with E-state index < -0.39 is 21.1 Å². The molecule has 138 valence electrons. The lowest BCUT2D eigenvalue weighted by Gasteiger charge is -2.12. The fourth-order valence-corrected chi connectivity index (χ4v) is 4.40. The van der Waals surface area contributed by atoms with E-state index >= 15 is 0 Å². The molecule has 0 radical (unpaired) electrons. The quantitative estimate of drug-likeness (QED) is 0.467. The standard InChI is InChI=1S/C18H16N4O4S/c1-10-7-13-14(20-18(24)17(23)19-13)9-16(10)27(25,26)21-12-3-4-15-11(8-12)5-6-22(15)2/h3-9,21H,1-2H3,(H,19,23)(H,20,24). The summed E-state index contributed by atoms with van der Waals surface area (Å²) in [7, 11) is -1.98. The van der Waals surface area contributed by atoms with Crippen molar-refractivity contribution in [3.05, 3.63) is 68.9 Å². The number of aromatic amines is 2. The second-order valence-electron chi connectivity index (χ2n) is 6.38. The average molecular weight is 384 g/mol. The van der Waals surface area contributed by atoms with Crippen molar-refractivity contribution in [3.63, 3.8) is 0 Å². The van der Waals surface area contributed by atoms with Gasteiger partial charge in [0.1, 0.15) is 0 Å². The fraction of sp³-hybridized carbons (Fsp3) is 0.111. The Kier molecular flexibility index (Phi) is 3.70. The highest BCUT2D eigenvalue weighted by Gasteiger charge is 2.19. The van der Waals surface area contributed by atoms with Gasteiger partial charge in [0.15, 0.2) is 0 Å². The molecule has 4 aromatic rings. The van der Waals surface area contributed by atoms with Crippen molar-refractivity contribution in [1.82, 2.24) is 14.5 Å². The second kappa shape index (κ2) is 5.85. The summed E-state index contributed by atoms with van der Waals surface area (Å²) in [5, 5.41) is 0.912. The third-order valence-corrected chi connectivity index (χ3v) is 5.97. The Labute approximate surface area is 153 Å². The first kappa shape index (κ1) is 17.1. The van der Waals surface area contributed by atoms with Crippen LogP contribution in [0.25, 0.3) is 21.9 Å². The zero-order valence-corrected chi connectivity index (χ0v) is 15.3. The van der Waals surface area contributed by atoms with Gasteiger partial charge in [-0.3, -0.25) is 14.3 Å². The van der Waals surface area contributed by atoms with E-state index in [0.29, 0.717) is 16.8 Å². The molecule has 2 heterocycles. The van der Waals surface area contributed by atoms with Crippen LogP contribution in [0.15, 0.2) is 57.1 Å². The predicted octanol–water partition coefficient (Wildman–Crippen LogP) is 1.82. The normalized spacial score (nSPS) is 11.9. The number of benzene rings is 2. The van der Waals surface area contributed by atoms with Gasteiger partial charge in [0.2, 0.25) is 0 Å². The van der Waals surface area contributed by atoms with Gasteiger partial charge in [0, 0.05) is 29.8 Å². The lowest BCUT2D eigenvalue weighted by molar-refractivity contribution is 0.600. The van der Waals surface area contributed by atoms with Gasteiger partial charge in [0.25, 0.3) is 10.0 Å². The molecular formula is C18H16N4O4S. The van der Waals surface area contributed by atoms with Crippen molar-refractivity contribution in [2.24, 2.45) is 7.05 Å². The highest BCUT2D eigenvalue weighted by atomic mass is 32.2. The van der Waals surface area contributed by atoms with Gasteiger partial charge in [0.05, 0.1) is 15.9 Å². The Morgan fingerprint density at radius 3 is 2.33 bits per heavy atom. The molecule has 0 aliphatic heterocycles. The Balaban J connectivity index is 1.80. The first-order chi connectivity index (χ1) is 12.7. The van der Waals surface area contributed by atoms with Crippen LogP contribution in [0.2, 0.25) is 0 Å². The number of fused-ring (bicyclic) bond motifs is 2. The molecule has 0 atom stereocenters. The number of H-pyrrole nitrogens is 2. The molecule has 0 saturated heterocycles. The molecule has 0 aliphatic carbocycles. The van der Waals surface area contributed by atoms with E-state index in [-0.39, 0.29) is 10.4 Å². The first-order valence-electron chi connectivity index (χ1n) is 8.09. The van der Waals surface area contributed by atoms with Gasteiger partial charge < -0.3 is 14.5 Å². The highest BCUT2D eigenvalue weighted by Crippen LogP contribution is 2.25. The van der Waals surface area contributed by atoms with Gasteiger partial charge in [-0.1, -0.05) is 0 Å². The van der Waals surface area contributed by atoms with Crippen LogP contribution < -0.4 is 15.8 Å². The Hall–Kier alpha value is -3.33. The SMILES string of the molecule is Cc1cc2[nH]c(=O)c(=O)[nH]c2cc1S(=O)(=O)Nc1ccc2c(ccn2C)c1. The molecule has 9 heteroatoms. The smallest absolute Gasteiger partial charge is 0.314 e. The fourth-order valence-electron chi connectivity index (χ4n) is 3.10. The molecule has 8 nitrogen and oxygen atoms in total. The minimum Gasteiger partial charge on any atom is -0.351 e. The van der Waals surface area contributed by atoms with E-state index in [2.05, 4.69) is 14.7 Å². The summed E-state index contributed by atoms with van der Waals surface area (Å²) in [6.45, 7) is 1.62. The maximum Gasteiger partial charge on any atom is 0.314 e. The highest BCUT2D eigenvalue weighted by molar-refractivity contribution is 7.92. The number of rotatable bonds is 3. The summed E-state index contributed by atoms with van der Waals surface area (Å²) in [6.07, 6.45) is 1.90. The zero-order chi connectivity index (χ0) is 19.3. The van der Waals surface area contributed by atoms with E-state index in [1.54, 1.807) is 19.1 Å². The summed E-state index contributed by atoms with van der Waals surface area (Å²) in [4.78, 5) is 27.8. The van der Waals surface area contributed by atoms with Crippen molar-refractivity contribution >= 4 is 37.6 Å². The van der Waals surface area contributed by atoms with E-state index in [1.165, 1.54) is 12.1 Å². The lowest BCUT2D eigenvalue weighted by Crippen LogP contribution is -2.29. The average Bonchev–Trinajstić information content (AvgIpc) is 2.96. The molecule has 0 fully saturated rings. The summed E-state index contributed by atoms with van der Waals surface area (Å²) >= 11 is 0. The third-order valence-electron chi connectivity index (χ3n) is 4.44. The minimum atomic E-state index is -3.89. The number of hydrogen-bond acceptors (Lipinski definition) is 4. The van der Waals surface area contributed by atoms with Crippen molar-refractivity contribution < 1.29 is 8.42 Å². The number of hydrogen-bond donors (Lipinski definition) is 3. The van der Waals surface area contributed by atoms with Gasteiger partial charge in [-0.05, 0) is 48.9 Å². The van der Waals surface area contributed by atoms with Gasteiger partial charge in [-0.25, -0.2) is 8.42 Å². The molecule has 3 N–H and O–H groups in total. The largest absolute Gasteiger partial charge is 0.351 e. The minimum absolute atomic E-state index is 0.0193. The van der Waals surface area contributed by atoms with Crippen molar-refractivity contribution in [1.29, 1.82) is 0 Å². The summed E-state index contributed by atoms with van der Waals surface area (Å²) in [5.41, 5.74) is 0.845. The van der Waals surface area contributed by atoms with E-state index in [9.17, 15) is 18.0 Å². The van der Waals surface area contributed by atoms with Crippen LogP contribution in [0.3, 0.4) is 0 Å². The third kappa shape index (κ3) is 2.91. The second-order valence-corrected chi connectivity index (χ2v) is 8.03. The van der Waals surface area contributed by atoms with Crippen LogP contribution >= 0.6 is 0 Å². The van der Waals surface area contributed by atoms with E-state index in [4.69, 9.17) is 0 Å².